The van der Waals surface area contributed by atoms with Gasteiger partial charge in [0.1, 0.15) is 5.60 Å². The van der Waals surface area contributed by atoms with Gasteiger partial charge in [-0.2, -0.15) is 5.90 Å². The predicted octanol–water partition coefficient (Wildman–Crippen LogP) is 1.59. The van der Waals surface area contributed by atoms with Crippen LogP contribution in [0.25, 0.3) is 0 Å². The highest BCUT2D eigenvalue weighted by Crippen LogP contribution is 2.24. The van der Waals surface area contributed by atoms with Gasteiger partial charge in [-0.25, -0.2) is 4.79 Å². The molecule has 1 aromatic carbocycles. The first-order valence-electron chi connectivity index (χ1n) is 6.56. The number of nitrogens with two attached hydrogens (primary N) is 1. The van der Waals surface area contributed by atoms with Crippen LogP contribution in [0.4, 0.5) is 5.69 Å². The molecule has 0 heterocycles. The van der Waals surface area contributed by atoms with Gasteiger partial charge in [-0.15, -0.1) is 0 Å². The first-order valence-corrected chi connectivity index (χ1v) is 6.56. The monoisotopic (exact) mass is 294 g/mol. The van der Waals surface area contributed by atoms with E-state index in [1.54, 1.807) is 45.0 Å². The number of anilines is 1. The first kappa shape index (κ1) is 17.0. The fraction of sp³-hybridized carbons (Fsp3) is 0.467. The first-order chi connectivity index (χ1) is 9.65. The number of carbonyl (C=O) groups excluding carboxylic acids is 2. The van der Waals surface area contributed by atoms with Crippen molar-refractivity contribution < 1.29 is 19.2 Å². The third kappa shape index (κ3) is 4.75. The molecule has 1 aromatic rings. The summed E-state index contributed by atoms with van der Waals surface area (Å²) in [6.45, 7) is 5.18. The van der Waals surface area contributed by atoms with E-state index in [1.165, 1.54) is 0 Å². The Morgan fingerprint density at radius 2 is 1.62 bits per heavy atom. The van der Waals surface area contributed by atoms with E-state index in [4.69, 9.17) is 10.6 Å². The van der Waals surface area contributed by atoms with E-state index in [1.807, 2.05) is 19.0 Å². The molecule has 6 heteroatoms. The Morgan fingerprint density at radius 1 is 1.10 bits per heavy atom. The van der Waals surface area contributed by atoms with E-state index in [0.29, 0.717) is 5.56 Å². The van der Waals surface area contributed by atoms with Gasteiger partial charge in [-0.1, -0.05) is 12.1 Å². The van der Waals surface area contributed by atoms with Crippen molar-refractivity contribution in [2.24, 2.45) is 5.90 Å². The minimum atomic E-state index is -1.19. The van der Waals surface area contributed by atoms with Gasteiger partial charge in [0.2, 0.25) is 0 Å². The highest BCUT2D eigenvalue weighted by molar-refractivity contribution is 6.00. The van der Waals surface area contributed by atoms with E-state index in [9.17, 15) is 9.59 Å². The maximum Gasteiger partial charge on any atom is 0.343 e. The predicted molar refractivity (Wildman–Crippen MR) is 79.6 cm³/mol. The summed E-state index contributed by atoms with van der Waals surface area (Å²) in [5.41, 5.74) is 0.724. The number of ether oxygens (including phenoxy) is 1. The fourth-order valence-corrected chi connectivity index (χ4v) is 1.76. The van der Waals surface area contributed by atoms with Crippen LogP contribution < -0.4 is 10.8 Å². The molecule has 0 radical (unpaired) electrons. The molecular weight excluding hydrogens is 272 g/mol. The number of nitrogens with zero attached hydrogens (tertiary/aromatic N) is 1. The molecule has 6 nitrogen and oxygen atoms in total. The number of rotatable bonds is 4. The van der Waals surface area contributed by atoms with Crippen molar-refractivity contribution in [2.75, 3.05) is 19.0 Å². The lowest BCUT2D eigenvalue weighted by Gasteiger charge is -2.23. The molecule has 0 spiro atoms. The average molecular weight is 294 g/mol. The van der Waals surface area contributed by atoms with E-state index in [0.717, 1.165) is 5.69 Å². The van der Waals surface area contributed by atoms with E-state index in [-0.39, 0.29) is 0 Å². The lowest BCUT2D eigenvalue weighted by Crippen LogP contribution is -2.33. The van der Waals surface area contributed by atoms with Gasteiger partial charge in [0, 0.05) is 19.8 Å². The summed E-state index contributed by atoms with van der Waals surface area (Å²) in [4.78, 5) is 30.1. The zero-order valence-electron chi connectivity index (χ0n) is 13.0. The van der Waals surface area contributed by atoms with Crippen molar-refractivity contribution in [3.8, 4) is 0 Å². The molecule has 0 saturated heterocycles. The number of carbonyl (C=O) groups is 2. The Balaban J connectivity index is 3.08. The Bertz CT molecular complexity index is 503. The standard InChI is InChI=1S/C15H22N2O4/c1-15(2,3)20-13(18)12(14(19)21-16)10-6-8-11(9-7-10)17(4)5/h6-9,12H,16H2,1-5H3. The lowest BCUT2D eigenvalue weighted by molar-refractivity contribution is -0.164. The molecule has 0 bridgehead atoms. The summed E-state index contributed by atoms with van der Waals surface area (Å²) < 4.78 is 5.25. The highest BCUT2D eigenvalue weighted by Gasteiger charge is 2.34. The van der Waals surface area contributed by atoms with Crippen LogP contribution in [0.2, 0.25) is 0 Å². The van der Waals surface area contributed by atoms with Crippen molar-refractivity contribution in [3.63, 3.8) is 0 Å². The topological polar surface area (TPSA) is 81.9 Å². The van der Waals surface area contributed by atoms with Gasteiger partial charge in [-0.3, -0.25) is 4.79 Å². The average Bonchev–Trinajstić information content (AvgIpc) is 2.37. The van der Waals surface area contributed by atoms with Crippen LogP contribution in [0.5, 0.6) is 0 Å². The maximum atomic E-state index is 12.2. The van der Waals surface area contributed by atoms with Gasteiger partial charge in [0.05, 0.1) is 0 Å². The molecule has 1 atom stereocenters. The van der Waals surface area contributed by atoms with Crippen molar-refractivity contribution >= 4 is 17.6 Å². The second-order valence-corrected chi connectivity index (χ2v) is 5.89. The van der Waals surface area contributed by atoms with Crippen LogP contribution in [0.15, 0.2) is 24.3 Å². The van der Waals surface area contributed by atoms with E-state index < -0.39 is 23.5 Å². The fourth-order valence-electron chi connectivity index (χ4n) is 1.76. The molecule has 116 valence electrons. The van der Waals surface area contributed by atoms with Crippen LogP contribution in [0.3, 0.4) is 0 Å². The quantitative estimate of drug-likeness (QED) is 0.516. The normalized spacial score (nSPS) is 12.5. The molecule has 1 unspecified atom stereocenters. The van der Waals surface area contributed by atoms with Gasteiger partial charge in [0.25, 0.3) is 0 Å². The summed E-state index contributed by atoms with van der Waals surface area (Å²) in [6.07, 6.45) is 0. The smallest absolute Gasteiger partial charge is 0.343 e. The van der Waals surface area contributed by atoms with Crippen molar-refractivity contribution in [3.05, 3.63) is 29.8 Å². The van der Waals surface area contributed by atoms with Gasteiger partial charge < -0.3 is 14.5 Å². The Hall–Kier alpha value is -2.08. The highest BCUT2D eigenvalue weighted by atomic mass is 16.7. The summed E-state index contributed by atoms with van der Waals surface area (Å²) in [5.74, 6) is 2.20. The Morgan fingerprint density at radius 3 is 2.00 bits per heavy atom. The van der Waals surface area contributed by atoms with E-state index in [2.05, 4.69) is 4.84 Å². The Labute approximate surface area is 124 Å². The Kier molecular flexibility index (Phi) is 5.32. The van der Waals surface area contributed by atoms with Crippen molar-refractivity contribution in [2.45, 2.75) is 32.3 Å². The molecule has 0 fully saturated rings. The number of hydrogen-bond acceptors (Lipinski definition) is 6. The summed E-state index contributed by atoms with van der Waals surface area (Å²) in [7, 11) is 3.79. The molecule has 21 heavy (non-hydrogen) atoms. The third-order valence-electron chi connectivity index (χ3n) is 2.74. The van der Waals surface area contributed by atoms with Crippen LogP contribution >= 0.6 is 0 Å². The minimum Gasteiger partial charge on any atom is -0.459 e. The summed E-state index contributed by atoms with van der Waals surface area (Å²) in [5, 5.41) is 0. The minimum absolute atomic E-state index is 0.477. The number of esters is 1. The summed E-state index contributed by atoms with van der Waals surface area (Å²) in [6, 6.07) is 6.97. The zero-order valence-corrected chi connectivity index (χ0v) is 13.0. The van der Waals surface area contributed by atoms with Gasteiger partial charge in [-0.05, 0) is 38.5 Å². The number of hydrogen-bond donors (Lipinski definition) is 1. The van der Waals surface area contributed by atoms with E-state index >= 15 is 0 Å². The molecule has 0 amide bonds. The summed E-state index contributed by atoms with van der Waals surface area (Å²) >= 11 is 0. The largest absolute Gasteiger partial charge is 0.459 e. The molecule has 0 aromatic heterocycles. The molecule has 2 N–H and O–H groups in total. The zero-order chi connectivity index (χ0) is 16.2. The number of benzene rings is 1. The lowest BCUT2D eigenvalue weighted by atomic mass is 9.98. The molecule has 0 aliphatic carbocycles. The molecule has 0 aliphatic rings. The van der Waals surface area contributed by atoms with Gasteiger partial charge in [0.15, 0.2) is 5.92 Å². The molecule has 1 rings (SSSR count). The van der Waals surface area contributed by atoms with Crippen molar-refractivity contribution in [1.29, 1.82) is 0 Å². The van der Waals surface area contributed by atoms with Gasteiger partial charge >= 0.3 is 11.9 Å². The third-order valence-corrected chi connectivity index (χ3v) is 2.74. The van der Waals surface area contributed by atoms with Crippen LogP contribution in [-0.2, 0) is 19.2 Å². The molecule has 0 saturated carbocycles. The SMILES string of the molecule is CN(C)c1ccc(C(C(=O)ON)C(=O)OC(C)(C)C)cc1. The van der Waals surface area contributed by atoms with Crippen LogP contribution in [0.1, 0.15) is 32.3 Å². The molecule has 0 aliphatic heterocycles. The second kappa shape index (κ2) is 6.58. The second-order valence-electron chi connectivity index (χ2n) is 5.89. The van der Waals surface area contributed by atoms with Crippen molar-refractivity contribution in [1.82, 2.24) is 0 Å². The van der Waals surface area contributed by atoms with Crippen LogP contribution in [0, 0.1) is 0 Å². The maximum absolute atomic E-state index is 12.2. The van der Waals surface area contributed by atoms with Crippen LogP contribution in [-0.4, -0.2) is 31.6 Å². The molecular formula is C15H22N2O4.